The summed E-state index contributed by atoms with van der Waals surface area (Å²) in [5.41, 5.74) is 7.96. The number of hydrogen-bond acceptors (Lipinski definition) is 7. The van der Waals surface area contributed by atoms with Crippen LogP contribution in [-0.4, -0.2) is 28.7 Å². The molecular formula is C19H17N5O2. The van der Waals surface area contributed by atoms with Gasteiger partial charge in [-0.3, -0.25) is 4.98 Å². The van der Waals surface area contributed by atoms with Crippen molar-refractivity contribution in [1.29, 1.82) is 5.26 Å². The fraction of sp³-hybridized carbons (Fsp3) is 0.158. The summed E-state index contributed by atoms with van der Waals surface area (Å²) in [6.07, 6.45) is 2.30. The number of pyridine rings is 1. The normalized spacial score (nSPS) is 10.2. The van der Waals surface area contributed by atoms with Gasteiger partial charge in [0, 0.05) is 23.9 Å². The largest absolute Gasteiger partial charge is 0.496 e. The summed E-state index contributed by atoms with van der Waals surface area (Å²) in [6, 6.07) is 15.0. The number of nitrogens with two attached hydrogens (primary N) is 1. The third-order valence-electron chi connectivity index (χ3n) is 3.69. The van der Waals surface area contributed by atoms with Crippen LogP contribution in [0, 0.1) is 11.3 Å². The zero-order valence-electron chi connectivity index (χ0n) is 14.2. The predicted octanol–water partition coefficient (Wildman–Crippen LogP) is 2.62. The summed E-state index contributed by atoms with van der Waals surface area (Å²) in [5, 5.41) is 9.63. The van der Waals surface area contributed by atoms with E-state index in [4.69, 9.17) is 15.2 Å². The van der Waals surface area contributed by atoms with E-state index in [1.807, 2.05) is 30.3 Å². The Morgan fingerprint density at radius 2 is 1.92 bits per heavy atom. The van der Waals surface area contributed by atoms with Crippen molar-refractivity contribution in [2.24, 2.45) is 0 Å². The molecule has 0 fully saturated rings. The van der Waals surface area contributed by atoms with E-state index >= 15 is 0 Å². The highest BCUT2D eigenvalue weighted by molar-refractivity contribution is 5.74. The zero-order chi connectivity index (χ0) is 18.4. The number of nitrogens with zero attached hydrogens (tertiary/aromatic N) is 4. The average Bonchev–Trinajstić information content (AvgIpc) is 2.68. The number of para-hydroxylation sites is 1. The van der Waals surface area contributed by atoms with E-state index in [9.17, 15) is 5.26 Å². The quantitative estimate of drug-likeness (QED) is 0.730. The van der Waals surface area contributed by atoms with Crippen molar-refractivity contribution < 1.29 is 9.47 Å². The molecular weight excluding hydrogens is 330 g/mol. The second-order valence-electron chi connectivity index (χ2n) is 5.34. The van der Waals surface area contributed by atoms with Crippen LogP contribution in [0.1, 0.15) is 11.3 Å². The molecule has 3 rings (SSSR count). The first-order valence-electron chi connectivity index (χ1n) is 7.96. The highest BCUT2D eigenvalue weighted by atomic mass is 16.5. The van der Waals surface area contributed by atoms with Gasteiger partial charge in [0.2, 0.25) is 11.8 Å². The Morgan fingerprint density at radius 3 is 2.65 bits per heavy atom. The van der Waals surface area contributed by atoms with Gasteiger partial charge >= 0.3 is 0 Å². The number of nitriles is 1. The maximum atomic E-state index is 9.63. The lowest BCUT2D eigenvalue weighted by molar-refractivity contribution is 0.307. The molecule has 1 aromatic carbocycles. The molecule has 0 aliphatic rings. The number of ether oxygens (including phenoxy) is 2. The van der Waals surface area contributed by atoms with Crippen LogP contribution in [0.5, 0.6) is 11.6 Å². The Labute approximate surface area is 151 Å². The van der Waals surface area contributed by atoms with Crippen molar-refractivity contribution in [2.75, 3.05) is 19.5 Å². The lowest BCUT2D eigenvalue weighted by Crippen LogP contribution is -2.09. The maximum absolute atomic E-state index is 9.63. The topological polar surface area (TPSA) is 107 Å². The molecule has 0 atom stereocenters. The minimum Gasteiger partial charge on any atom is -0.496 e. The average molecular weight is 347 g/mol. The van der Waals surface area contributed by atoms with E-state index < -0.39 is 0 Å². The zero-order valence-corrected chi connectivity index (χ0v) is 14.2. The molecule has 7 heteroatoms. The first kappa shape index (κ1) is 17.2. The van der Waals surface area contributed by atoms with E-state index in [1.54, 1.807) is 25.4 Å². The summed E-state index contributed by atoms with van der Waals surface area (Å²) in [7, 11) is 1.56. The van der Waals surface area contributed by atoms with E-state index in [0.717, 1.165) is 5.69 Å². The molecule has 0 spiro atoms. The molecule has 0 amide bonds. The van der Waals surface area contributed by atoms with Crippen molar-refractivity contribution in [2.45, 2.75) is 6.42 Å². The molecule has 0 radical (unpaired) electrons. The minimum atomic E-state index is 0.0257. The van der Waals surface area contributed by atoms with Crippen molar-refractivity contribution in [1.82, 2.24) is 15.0 Å². The van der Waals surface area contributed by atoms with Crippen LogP contribution in [0.25, 0.3) is 11.3 Å². The van der Waals surface area contributed by atoms with E-state index in [1.165, 1.54) is 0 Å². The fourth-order valence-corrected chi connectivity index (χ4v) is 2.50. The maximum Gasteiger partial charge on any atom is 0.237 e. The SMILES string of the molecule is COc1ccccc1-c1nc(N)nc(OCCc2ccccn2)c1C#N. The monoisotopic (exact) mass is 347 g/mol. The van der Waals surface area contributed by atoms with Crippen LogP contribution in [0.15, 0.2) is 48.7 Å². The number of aromatic nitrogens is 3. The van der Waals surface area contributed by atoms with Crippen molar-refractivity contribution in [3.8, 4) is 29.0 Å². The van der Waals surface area contributed by atoms with Crippen LogP contribution in [0.3, 0.4) is 0 Å². The van der Waals surface area contributed by atoms with Gasteiger partial charge in [-0.05, 0) is 24.3 Å². The summed E-state index contributed by atoms with van der Waals surface area (Å²) in [6.45, 7) is 0.313. The smallest absolute Gasteiger partial charge is 0.237 e. The molecule has 0 aliphatic heterocycles. The van der Waals surface area contributed by atoms with Gasteiger partial charge in [-0.1, -0.05) is 18.2 Å². The van der Waals surface area contributed by atoms with Gasteiger partial charge < -0.3 is 15.2 Å². The Balaban J connectivity index is 1.91. The van der Waals surface area contributed by atoms with Crippen molar-refractivity contribution >= 4 is 5.95 Å². The number of methoxy groups -OCH3 is 1. The molecule has 0 bridgehead atoms. The minimum absolute atomic E-state index is 0.0257. The molecule has 2 heterocycles. The molecule has 2 N–H and O–H groups in total. The summed E-state index contributed by atoms with van der Waals surface area (Å²) >= 11 is 0. The lowest BCUT2D eigenvalue weighted by Gasteiger charge is -2.12. The third-order valence-corrected chi connectivity index (χ3v) is 3.69. The standard InChI is InChI=1S/C19H17N5O2/c1-25-16-8-3-2-7-14(16)17-15(12-20)18(24-19(21)23-17)26-11-9-13-6-4-5-10-22-13/h2-8,10H,9,11H2,1H3,(H2,21,23,24). The Morgan fingerprint density at radius 1 is 1.12 bits per heavy atom. The Kier molecular flexibility index (Phi) is 5.25. The second-order valence-corrected chi connectivity index (χ2v) is 5.34. The van der Waals surface area contributed by atoms with Crippen LogP contribution < -0.4 is 15.2 Å². The molecule has 3 aromatic rings. The van der Waals surface area contributed by atoms with Crippen LogP contribution in [0.4, 0.5) is 5.95 Å². The molecule has 2 aromatic heterocycles. The number of anilines is 1. The van der Waals surface area contributed by atoms with Gasteiger partial charge in [0.25, 0.3) is 0 Å². The predicted molar refractivity (Wildman–Crippen MR) is 96.6 cm³/mol. The lowest BCUT2D eigenvalue weighted by atomic mass is 10.1. The van der Waals surface area contributed by atoms with E-state index in [0.29, 0.717) is 30.0 Å². The number of hydrogen-bond donors (Lipinski definition) is 1. The highest BCUT2D eigenvalue weighted by Crippen LogP contribution is 2.34. The molecule has 7 nitrogen and oxygen atoms in total. The summed E-state index contributed by atoms with van der Waals surface area (Å²) < 4.78 is 11.1. The van der Waals surface area contributed by atoms with Gasteiger partial charge in [-0.25, -0.2) is 4.98 Å². The van der Waals surface area contributed by atoms with E-state index in [2.05, 4.69) is 21.0 Å². The van der Waals surface area contributed by atoms with Crippen LogP contribution in [-0.2, 0) is 6.42 Å². The Hall–Kier alpha value is -3.66. The van der Waals surface area contributed by atoms with Crippen molar-refractivity contribution in [3.63, 3.8) is 0 Å². The van der Waals surface area contributed by atoms with Gasteiger partial charge in [0.05, 0.1) is 13.7 Å². The Bertz CT molecular complexity index is 938. The van der Waals surface area contributed by atoms with Gasteiger partial charge in [0.1, 0.15) is 23.1 Å². The number of rotatable bonds is 6. The van der Waals surface area contributed by atoms with E-state index in [-0.39, 0.29) is 17.4 Å². The van der Waals surface area contributed by atoms with Crippen LogP contribution in [0.2, 0.25) is 0 Å². The number of nitrogen functional groups attached to an aromatic ring is 1. The number of benzene rings is 1. The molecule has 26 heavy (non-hydrogen) atoms. The summed E-state index contributed by atoms with van der Waals surface area (Å²) in [5.74, 6) is 0.760. The third kappa shape index (κ3) is 3.70. The first-order valence-corrected chi connectivity index (χ1v) is 7.96. The highest BCUT2D eigenvalue weighted by Gasteiger charge is 2.19. The molecule has 0 unspecified atom stereocenters. The van der Waals surface area contributed by atoms with Crippen molar-refractivity contribution in [3.05, 3.63) is 59.9 Å². The summed E-state index contributed by atoms with van der Waals surface area (Å²) in [4.78, 5) is 12.5. The molecule has 0 saturated heterocycles. The van der Waals surface area contributed by atoms with Gasteiger partial charge in [-0.2, -0.15) is 10.2 Å². The molecule has 0 saturated carbocycles. The van der Waals surface area contributed by atoms with Crippen LogP contribution >= 0.6 is 0 Å². The van der Waals surface area contributed by atoms with Gasteiger partial charge in [0.15, 0.2) is 0 Å². The molecule has 0 aliphatic carbocycles. The van der Waals surface area contributed by atoms with Gasteiger partial charge in [-0.15, -0.1) is 0 Å². The first-order chi connectivity index (χ1) is 12.7. The second kappa shape index (κ2) is 7.94. The molecule has 130 valence electrons. The fourth-order valence-electron chi connectivity index (χ4n) is 2.50.